The van der Waals surface area contributed by atoms with Gasteiger partial charge in [0, 0.05) is 42.6 Å². The van der Waals surface area contributed by atoms with Gasteiger partial charge in [0.2, 0.25) is 5.79 Å². The molecule has 3 aliphatic rings. The minimum Gasteiger partial charge on any atom is -0.459 e. The Kier molecular flexibility index (Phi) is 14.7. The molecule has 0 unspecified atom stereocenters. The third-order valence-corrected chi connectivity index (χ3v) is 12.0. The van der Waals surface area contributed by atoms with Gasteiger partial charge in [-0.2, -0.15) is 0 Å². The number of aliphatic hydroxyl groups excluding tert-OH is 2. The fourth-order valence-corrected chi connectivity index (χ4v) is 9.25. The van der Waals surface area contributed by atoms with Gasteiger partial charge in [-0.1, -0.05) is 42.3 Å². The van der Waals surface area contributed by atoms with Crippen molar-refractivity contribution >= 4 is 23.6 Å². The Morgan fingerprint density at radius 1 is 1.04 bits per heavy atom. The van der Waals surface area contributed by atoms with Crippen LogP contribution in [0.3, 0.4) is 0 Å². The summed E-state index contributed by atoms with van der Waals surface area (Å²) < 4.78 is 40.3. The van der Waals surface area contributed by atoms with Gasteiger partial charge in [0.25, 0.3) is 0 Å². The number of unbranched alkanes of at least 4 members (excludes halogenated alkanes) is 2. The summed E-state index contributed by atoms with van der Waals surface area (Å²) >= 11 is 1.66. The molecule has 0 radical (unpaired) electrons. The first-order chi connectivity index (χ1) is 27.8. The number of fused-ring (bicyclic) bond motifs is 2. The number of amides is 1. The molecule has 12 heteroatoms. The van der Waals surface area contributed by atoms with Gasteiger partial charge < -0.3 is 34.0 Å². The maximum absolute atomic E-state index is 14.1. The lowest BCUT2D eigenvalue weighted by Gasteiger charge is -2.59. The van der Waals surface area contributed by atoms with Crippen LogP contribution in [-0.2, 0) is 20.9 Å². The summed E-state index contributed by atoms with van der Waals surface area (Å²) in [6, 6.07) is 19.1. The Bertz CT molecular complexity index is 1870. The molecule has 1 heterocycles. The second-order valence-corrected chi connectivity index (χ2v) is 15.6. The Hall–Kier alpha value is -4.36. The van der Waals surface area contributed by atoms with Crippen molar-refractivity contribution in [2.75, 3.05) is 39.8 Å². The second kappa shape index (κ2) is 19.9. The number of hydrogen-bond acceptors (Lipinski definition) is 10. The van der Waals surface area contributed by atoms with Crippen molar-refractivity contribution in [3.63, 3.8) is 0 Å². The summed E-state index contributed by atoms with van der Waals surface area (Å²) in [5, 5.41) is 24.4. The van der Waals surface area contributed by atoms with E-state index in [1.165, 1.54) is 19.2 Å². The Labute approximate surface area is 339 Å². The Balaban J connectivity index is 1.58. The number of rotatable bonds is 19. The topological polar surface area (TPSA) is 119 Å². The van der Waals surface area contributed by atoms with Gasteiger partial charge in [0.15, 0.2) is 0 Å². The van der Waals surface area contributed by atoms with Crippen molar-refractivity contribution in [2.45, 2.75) is 81.1 Å². The summed E-state index contributed by atoms with van der Waals surface area (Å²) in [5.41, 5.74) is 3.25. The van der Waals surface area contributed by atoms with Gasteiger partial charge >= 0.3 is 6.09 Å². The van der Waals surface area contributed by atoms with Crippen LogP contribution in [0.1, 0.15) is 68.9 Å². The molecule has 0 saturated heterocycles. The van der Waals surface area contributed by atoms with Crippen molar-refractivity contribution < 1.29 is 43.2 Å². The van der Waals surface area contributed by atoms with E-state index in [-0.39, 0.29) is 56.4 Å². The van der Waals surface area contributed by atoms with Gasteiger partial charge in [-0.3, -0.25) is 4.90 Å². The lowest BCUT2D eigenvalue weighted by Crippen LogP contribution is -2.70. The number of hydrogen-bond donors (Lipinski definition) is 2. The lowest BCUT2D eigenvalue weighted by atomic mass is 9.55. The molecule has 1 saturated carbocycles. The highest BCUT2D eigenvalue weighted by molar-refractivity contribution is 7.98. The highest BCUT2D eigenvalue weighted by Gasteiger charge is 2.65. The minimum atomic E-state index is -1.46. The van der Waals surface area contributed by atoms with Gasteiger partial charge in [-0.25, -0.2) is 9.18 Å². The van der Waals surface area contributed by atoms with E-state index in [2.05, 4.69) is 18.7 Å². The predicted octanol–water partition coefficient (Wildman–Crippen LogP) is 9.26. The monoisotopic (exact) mass is 802 g/mol. The van der Waals surface area contributed by atoms with E-state index in [9.17, 15) is 19.4 Å². The van der Waals surface area contributed by atoms with Gasteiger partial charge in [-0.15, -0.1) is 18.3 Å². The van der Waals surface area contributed by atoms with Crippen LogP contribution in [0.15, 0.2) is 101 Å². The van der Waals surface area contributed by atoms with E-state index in [4.69, 9.17) is 28.9 Å². The van der Waals surface area contributed by atoms with Crippen molar-refractivity contribution in [1.29, 1.82) is 0 Å². The average Bonchev–Trinajstić information content (AvgIpc) is 3.23. The van der Waals surface area contributed by atoms with Crippen molar-refractivity contribution in [3.8, 4) is 17.2 Å². The molecule has 1 aliphatic heterocycles. The second-order valence-electron chi connectivity index (χ2n) is 14.7. The number of ether oxygens (including phenoxy) is 4. The first-order valence-electron chi connectivity index (χ1n) is 19.9. The molecule has 2 N–H and O–H groups in total. The molecule has 10 nitrogen and oxygen atoms in total. The first kappa shape index (κ1) is 42.3. The number of aliphatic hydroxyl groups is 2. The number of nitrogens with zero attached hydrogens (tertiary/aromatic N) is 2. The average molecular weight is 803 g/mol. The Morgan fingerprint density at radius 3 is 2.42 bits per heavy atom. The first-order valence-corrected chi connectivity index (χ1v) is 21.1. The summed E-state index contributed by atoms with van der Waals surface area (Å²) in [7, 11) is 1.34. The molecule has 0 aromatic heterocycles. The van der Waals surface area contributed by atoms with Crippen LogP contribution in [0.4, 0.5) is 9.18 Å². The molecule has 3 aromatic rings. The standard InChI is InChI=1S/C45H55FN2O8S/c1-5-25-53-45-41(48(44(51)52-3)29-30-13-15-32(46)16-14-30)28-39(47-54-6-2)37-26-31(11-7-9-23-49)36(12-8-10-24-50)42(43(37)45)38-27-34(19-22-40(38)56-45)55-33-17-20-35(57-4)21-18-33/h5,13-22,26-27,31,36,41-43,49-50H,1,6-12,23-25,28-29H2,2-4H3/t31-,36+,41-,42+,43+,45+/m0/s1. The lowest BCUT2D eigenvalue weighted by molar-refractivity contribution is -0.256. The smallest absolute Gasteiger partial charge is 0.410 e. The number of benzene rings is 3. The molecule has 0 spiro atoms. The fraction of sp³-hybridized carbons (Fsp3) is 0.467. The van der Waals surface area contributed by atoms with Crippen LogP contribution in [0.5, 0.6) is 17.2 Å². The van der Waals surface area contributed by atoms with E-state index in [0.29, 0.717) is 48.0 Å². The van der Waals surface area contributed by atoms with Crippen LogP contribution in [0.25, 0.3) is 0 Å². The Morgan fingerprint density at radius 2 is 1.75 bits per heavy atom. The molecule has 0 bridgehead atoms. The molecule has 57 heavy (non-hydrogen) atoms. The van der Waals surface area contributed by atoms with E-state index >= 15 is 0 Å². The maximum atomic E-state index is 14.1. The molecule has 2 aliphatic carbocycles. The summed E-state index contributed by atoms with van der Waals surface area (Å²) in [5.74, 6) is -0.468. The molecular weight excluding hydrogens is 748 g/mol. The third kappa shape index (κ3) is 9.35. The zero-order valence-electron chi connectivity index (χ0n) is 33.1. The number of allylic oxidation sites excluding steroid dienone is 1. The molecule has 1 fully saturated rings. The van der Waals surface area contributed by atoms with Crippen molar-refractivity contribution in [3.05, 3.63) is 108 Å². The van der Waals surface area contributed by atoms with E-state index in [0.717, 1.165) is 41.7 Å². The van der Waals surface area contributed by atoms with Gasteiger partial charge in [0.05, 0.1) is 25.3 Å². The number of carbonyl (C=O) groups is 1. The molecular formula is C45H55FN2O8S. The number of halogens is 1. The van der Waals surface area contributed by atoms with Crippen molar-refractivity contribution in [1.82, 2.24) is 4.90 Å². The van der Waals surface area contributed by atoms with Gasteiger partial charge in [-0.05, 0) is 116 Å². The van der Waals surface area contributed by atoms with Crippen LogP contribution in [-0.4, -0.2) is 78.5 Å². The zero-order valence-corrected chi connectivity index (χ0v) is 33.9. The van der Waals surface area contributed by atoms with Crippen LogP contribution in [0, 0.1) is 23.6 Å². The fourth-order valence-electron chi connectivity index (χ4n) is 8.84. The molecule has 6 rings (SSSR count). The van der Waals surface area contributed by atoms with E-state index in [1.807, 2.05) is 49.6 Å². The molecule has 306 valence electrons. The van der Waals surface area contributed by atoms with E-state index < -0.39 is 23.8 Å². The third-order valence-electron chi connectivity index (χ3n) is 11.3. The molecule has 1 amide bonds. The summed E-state index contributed by atoms with van der Waals surface area (Å²) in [4.78, 5) is 22.6. The number of thioether (sulfide) groups is 1. The predicted molar refractivity (Wildman–Crippen MR) is 219 cm³/mol. The zero-order chi connectivity index (χ0) is 40.4. The van der Waals surface area contributed by atoms with Crippen molar-refractivity contribution in [2.24, 2.45) is 22.9 Å². The van der Waals surface area contributed by atoms with Crippen LogP contribution < -0.4 is 9.47 Å². The van der Waals surface area contributed by atoms with E-state index in [1.54, 1.807) is 34.9 Å². The minimum absolute atomic E-state index is 0.0465. The summed E-state index contributed by atoms with van der Waals surface area (Å²) in [6.07, 6.45) is 10.2. The highest BCUT2D eigenvalue weighted by atomic mass is 32.2. The van der Waals surface area contributed by atoms with Crippen LogP contribution in [0.2, 0.25) is 0 Å². The largest absolute Gasteiger partial charge is 0.459 e. The summed E-state index contributed by atoms with van der Waals surface area (Å²) in [6.45, 7) is 6.59. The quantitative estimate of drug-likeness (QED) is 0.0529. The van der Waals surface area contributed by atoms with Crippen LogP contribution >= 0.6 is 11.8 Å². The SMILES string of the molecule is C=CCO[C@@]12Oc3ccc(Oc4ccc(SC)cc4)cc3[C@H]3[C@H](CCCCO)[C@@H](CCCCO)C=C(C(=NOCC)C[C@@H]1N(Cc1ccc(F)cc1)C(=O)OC)[C@H]32. The number of carbonyl (C=O) groups excluding carboxylic acids is 1. The molecule has 3 aromatic carbocycles. The number of oxime groups is 1. The maximum Gasteiger partial charge on any atom is 0.410 e. The highest BCUT2D eigenvalue weighted by Crippen LogP contribution is 2.62. The number of methoxy groups -OCH3 is 1. The normalized spacial score (nSPS) is 24.1. The molecule has 6 atom stereocenters. The van der Waals surface area contributed by atoms with Gasteiger partial charge in [0.1, 0.15) is 35.7 Å².